The minimum absolute atomic E-state index is 0.0373. The molecule has 0 spiro atoms. The predicted molar refractivity (Wildman–Crippen MR) is 125 cm³/mol. The van der Waals surface area contributed by atoms with Gasteiger partial charge in [0.05, 0.1) is 22.8 Å². The van der Waals surface area contributed by atoms with Crippen molar-refractivity contribution in [1.82, 2.24) is 19.4 Å². The fraction of sp³-hybridized carbons (Fsp3) is 0.240. The van der Waals surface area contributed by atoms with Crippen LogP contribution in [-0.2, 0) is 0 Å². The molecule has 1 aliphatic rings. The molecule has 4 aromatic rings. The van der Waals surface area contributed by atoms with Crippen LogP contribution in [0.15, 0.2) is 59.7 Å². The molecule has 1 saturated heterocycles. The van der Waals surface area contributed by atoms with E-state index in [1.165, 1.54) is 24.3 Å². The lowest BCUT2D eigenvalue weighted by Gasteiger charge is -2.31. The Labute approximate surface area is 193 Å². The van der Waals surface area contributed by atoms with Crippen molar-refractivity contribution in [3.63, 3.8) is 0 Å². The summed E-state index contributed by atoms with van der Waals surface area (Å²) in [6.45, 7) is 1.60. The zero-order chi connectivity index (χ0) is 23.8. The molecule has 1 aliphatic heterocycles. The second kappa shape index (κ2) is 8.90. The Hall–Kier alpha value is -3.72. The molecule has 174 valence electrons. The van der Waals surface area contributed by atoms with Crippen LogP contribution in [0, 0.1) is 17.5 Å². The number of likely N-dealkylation sites (tertiary alicyclic amines) is 1. The van der Waals surface area contributed by atoms with Gasteiger partial charge in [0.25, 0.3) is 5.56 Å². The maximum absolute atomic E-state index is 14.6. The summed E-state index contributed by atoms with van der Waals surface area (Å²) in [5.41, 5.74) is -0.235. The fourth-order valence-corrected chi connectivity index (χ4v) is 4.43. The average Bonchev–Trinajstić information content (AvgIpc) is 2.82. The van der Waals surface area contributed by atoms with E-state index in [1.54, 1.807) is 16.8 Å². The number of fused-ring (bicyclic) bond motifs is 1. The first-order chi connectivity index (χ1) is 16.4. The summed E-state index contributed by atoms with van der Waals surface area (Å²) in [5, 5.41) is 3.59. The lowest BCUT2D eigenvalue weighted by Crippen LogP contribution is -2.36. The summed E-state index contributed by atoms with van der Waals surface area (Å²) in [7, 11) is 2.02. The molecule has 0 bridgehead atoms. The number of rotatable bonds is 4. The molecule has 3 aromatic heterocycles. The van der Waals surface area contributed by atoms with Crippen molar-refractivity contribution in [2.45, 2.75) is 18.9 Å². The number of halogens is 3. The summed E-state index contributed by atoms with van der Waals surface area (Å²) in [4.78, 5) is 24.2. The van der Waals surface area contributed by atoms with Gasteiger partial charge in [-0.3, -0.25) is 4.79 Å². The highest BCUT2D eigenvalue weighted by molar-refractivity contribution is 5.86. The number of pyridine rings is 3. The molecule has 0 atom stereocenters. The summed E-state index contributed by atoms with van der Waals surface area (Å²) in [6.07, 6.45) is 4.08. The monoisotopic (exact) mass is 465 g/mol. The minimum Gasteiger partial charge on any atom is -0.325 e. The van der Waals surface area contributed by atoms with Crippen molar-refractivity contribution in [3.05, 3.63) is 82.7 Å². The quantitative estimate of drug-likeness (QED) is 0.465. The standard InChI is InChI=1S/C25H22F3N5O/c1-32-9-7-17(8-10-32)33-21-12-23(31-22-6-5-16(26)14-30-22)29-13-15(21)11-18(25(33)34)24-19(27)3-2-4-20(24)28/h2-6,11-14,17H,7-10H2,1H3,(H,29,30,31). The van der Waals surface area contributed by atoms with Crippen molar-refractivity contribution in [3.8, 4) is 11.1 Å². The summed E-state index contributed by atoms with van der Waals surface area (Å²) in [6, 6.07) is 9.37. The van der Waals surface area contributed by atoms with Crippen LogP contribution in [0.25, 0.3) is 22.0 Å². The van der Waals surface area contributed by atoms with Gasteiger partial charge in [-0.1, -0.05) is 6.07 Å². The lowest BCUT2D eigenvalue weighted by atomic mass is 10.0. The van der Waals surface area contributed by atoms with E-state index in [4.69, 9.17) is 0 Å². The van der Waals surface area contributed by atoms with E-state index in [9.17, 15) is 18.0 Å². The smallest absolute Gasteiger partial charge is 0.259 e. The topological polar surface area (TPSA) is 63.1 Å². The molecular weight excluding hydrogens is 443 g/mol. The first-order valence-electron chi connectivity index (χ1n) is 11.0. The highest BCUT2D eigenvalue weighted by atomic mass is 19.1. The molecule has 0 unspecified atom stereocenters. The Morgan fingerprint density at radius 1 is 0.941 bits per heavy atom. The van der Waals surface area contributed by atoms with Crippen LogP contribution < -0.4 is 10.9 Å². The molecule has 0 amide bonds. The molecule has 0 radical (unpaired) electrons. The number of nitrogens with one attached hydrogen (secondary N) is 1. The minimum atomic E-state index is -0.792. The first kappa shape index (κ1) is 22.1. The van der Waals surface area contributed by atoms with Crippen LogP contribution in [0.2, 0.25) is 0 Å². The molecule has 1 fully saturated rings. The third kappa shape index (κ3) is 4.14. The Morgan fingerprint density at radius 3 is 2.32 bits per heavy atom. The molecule has 0 aliphatic carbocycles. The van der Waals surface area contributed by atoms with Gasteiger partial charge in [-0.2, -0.15) is 0 Å². The summed E-state index contributed by atoms with van der Waals surface area (Å²) < 4.78 is 44.1. The van der Waals surface area contributed by atoms with E-state index in [1.807, 2.05) is 7.05 Å². The largest absolute Gasteiger partial charge is 0.325 e. The number of nitrogens with zero attached hydrogens (tertiary/aromatic N) is 4. The van der Waals surface area contributed by atoms with Gasteiger partial charge in [-0.05, 0) is 63.3 Å². The second-order valence-corrected chi connectivity index (χ2v) is 8.48. The third-order valence-electron chi connectivity index (χ3n) is 6.19. The molecule has 34 heavy (non-hydrogen) atoms. The van der Waals surface area contributed by atoms with E-state index in [0.29, 0.717) is 22.5 Å². The normalized spacial score (nSPS) is 15.1. The lowest BCUT2D eigenvalue weighted by molar-refractivity contribution is 0.222. The van der Waals surface area contributed by atoms with E-state index in [-0.39, 0.29) is 17.2 Å². The van der Waals surface area contributed by atoms with Gasteiger partial charge in [-0.25, -0.2) is 23.1 Å². The number of anilines is 2. The van der Waals surface area contributed by atoms with Crippen LogP contribution in [0.4, 0.5) is 24.8 Å². The Bertz CT molecular complexity index is 1390. The average molecular weight is 465 g/mol. The first-order valence-corrected chi connectivity index (χ1v) is 11.0. The number of hydrogen-bond donors (Lipinski definition) is 1. The van der Waals surface area contributed by atoms with Crippen molar-refractivity contribution < 1.29 is 13.2 Å². The molecular formula is C25H22F3N5O. The van der Waals surface area contributed by atoms with Crippen molar-refractivity contribution in [2.24, 2.45) is 0 Å². The maximum Gasteiger partial charge on any atom is 0.259 e. The molecule has 5 rings (SSSR count). The molecule has 1 N–H and O–H groups in total. The zero-order valence-electron chi connectivity index (χ0n) is 18.4. The van der Waals surface area contributed by atoms with E-state index in [0.717, 1.165) is 44.3 Å². The Morgan fingerprint density at radius 2 is 1.65 bits per heavy atom. The van der Waals surface area contributed by atoms with Gasteiger partial charge in [0.1, 0.15) is 29.1 Å². The molecule has 1 aromatic carbocycles. The Balaban J connectivity index is 1.68. The van der Waals surface area contributed by atoms with Crippen molar-refractivity contribution in [2.75, 3.05) is 25.5 Å². The number of aromatic nitrogens is 3. The Kier molecular flexibility index (Phi) is 5.79. The number of piperidine rings is 1. The van der Waals surface area contributed by atoms with Crippen molar-refractivity contribution in [1.29, 1.82) is 0 Å². The zero-order valence-corrected chi connectivity index (χ0v) is 18.4. The maximum atomic E-state index is 14.6. The highest BCUT2D eigenvalue weighted by Crippen LogP contribution is 2.31. The third-order valence-corrected chi connectivity index (χ3v) is 6.19. The molecule has 0 saturated carbocycles. The van der Waals surface area contributed by atoms with E-state index < -0.39 is 23.0 Å². The van der Waals surface area contributed by atoms with Crippen LogP contribution in [-0.4, -0.2) is 39.6 Å². The van der Waals surface area contributed by atoms with Gasteiger partial charge in [0, 0.05) is 23.7 Å². The molecule has 9 heteroatoms. The second-order valence-electron chi connectivity index (χ2n) is 8.48. The van der Waals surface area contributed by atoms with Crippen LogP contribution in [0.3, 0.4) is 0 Å². The SMILES string of the molecule is CN1CCC(n2c(=O)c(-c3c(F)cccc3F)cc3cnc(Nc4ccc(F)cn4)cc32)CC1. The van der Waals surface area contributed by atoms with Crippen LogP contribution in [0.5, 0.6) is 0 Å². The van der Waals surface area contributed by atoms with Gasteiger partial charge in [0.2, 0.25) is 0 Å². The van der Waals surface area contributed by atoms with Gasteiger partial charge >= 0.3 is 0 Å². The molecule has 4 heterocycles. The van der Waals surface area contributed by atoms with Crippen molar-refractivity contribution >= 4 is 22.5 Å². The van der Waals surface area contributed by atoms with Gasteiger partial charge < -0.3 is 14.8 Å². The summed E-state index contributed by atoms with van der Waals surface area (Å²) in [5.74, 6) is -1.23. The van der Waals surface area contributed by atoms with E-state index in [2.05, 4.69) is 20.2 Å². The van der Waals surface area contributed by atoms with Gasteiger partial charge in [-0.15, -0.1) is 0 Å². The molecule has 6 nitrogen and oxygen atoms in total. The van der Waals surface area contributed by atoms with Crippen LogP contribution in [0.1, 0.15) is 18.9 Å². The highest BCUT2D eigenvalue weighted by Gasteiger charge is 2.25. The number of benzene rings is 1. The van der Waals surface area contributed by atoms with E-state index >= 15 is 0 Å². The van der Waals surface area contributed by atoms with Crippen LogP contribution >= 0.6 is 0 Å². The predicted octanol–water partition coefficient (Wildman–Crippen LogP) is 4.89. The fourth-order valence-electron chi connectivity index (χ4n) is 4.43. The summed E-state index contributed by atoms with van der Waals surface area (Å²) >= 11 is 0. The number of hydrogen-bond acceptors (Lipinski definition) is 5. The van der Waals surface area contributed by atoms with Gasteiger partial charge in [0.15, 0.2) is 0 Å².